The Labute approximate surface area is 63.8 Å². The van der Waals surface area contributed by atoms with Crippen molar-refractivity contribution in [2.24, 2.45) is 0 Å². The van der Waals surface area contributed by atoms with Crippen molar-refractivity contribution in [1.82, 2.24) is 5.32 Å². The van der Waals surface area contributed by atoms with Crippen LogP contribution in [-0.4, -0.2) is 18.0 Å². The summed E-state index contributed by atoms with van der Waals surface area (Å²) in [6, 6.07) is 0. The Morgan fingerprint density at radius 3 is 3.20 bits per heavy atom. The number of hydrogen-bond donors (Lipinski definition) is 1. The quantitative estimate of drug-likeness (QED) is 0.601. The fourth-order valence-electron chi connectivity index (χ4n) is 0.625. The summed E-state index contributed by atoms with van der Waals surface area (Å²) in [5, 5.41) is 4.46. The standard InChI is InChI=1S/C6H9NO2S/c1-2-9-6(8)5-7-3-4-10-5/h3-5,7H,2H2,1H3. The molecule has 1 heterocycles. The van der Waals surface area contributed by atoms with Crippen molar-refractivity contribution in [1.29, 1.82) is 0 Å². The minimum absolute atomic E-state index is 0.197. The van der Waals surface area contributed by atoms with Gasteiger partial charge in [-0.15, -0.1) is 0 Å². The molecule has 0 radical (unpaired) electrons. The van der Waals surface area contributed by atoms with Gasteiger partial charge in [0.15, 0.2) is 5.37 Å². The summed E-state index contributed by atoms with van der Waals surface area (Å²) < 4.78 is 4.76. The average molecular weight is 159 g/mol. The minimum atomic E-state index is -0.222. The number of carbonyl (C=O) groups excluding carboxylic acids is 1. The smallest absolute Gasteiger partial charge is 0.339 e. The minimum Gasteiger partial charge on any atom is -0.464 e. The maximum Gasteiger partial charge on any atom is 0.339 e. The zero-order chi connectivity index (χ0) is 7.40. The summed E-state index contributed by atoms with van der Waals surface area (Å²) in [4.78, 5) is 10.9. The molecule has 0 aliphatic carbocycles. The summed E-state index contributed by atoms with van der Waals surface area (Å²) in [5.74, 6) is -0.197. The molecule has 0 aromatic carbocycles. The monoisotopic (exact) mass is 159 g/mol. The molecule has 0 aromatic rings. The molecule has 10 heavy (non-hydrogen) atoms. The number of rotatable bonds is 2. The molecule has 1 atom stereocenters. The Hall–Kier alpha value is -0.640. The summed E-state index contributed by atoms with van der Waals surface area (Å²) in [6.45, 7) is 2.24. The third-order valence-corrected chi connectivity index (χ3v) is 1.92. The lowest BCUT2D eigenvalue weighted by atomic mass is 10.6. The van der Waals surface area contributed by atoms with Gasteiger partial charge in [-0.1, -0.05) is 11.8 Å². The Kier molecular flexibility index (Phi) is 2.62. The van der Waals surface area contributed by atoms with Gasteiger partial charge < -0.3 is 10.1 Å². The van der Waals surface area contributed by atoms with Crippen LogP contribution < -0.4 is 5.32 Å². The molecular formula is C6H9NO2S. The first-order chi connectivity index (χ1) is 4.84. The van der Waals surface area contributed by atoms with Crippen molar-refractivity contribution in [3.63, 3.8) is 0 Å². The van der Waals surface area contributed by atoms with Gasteiger partial charge in [0.2, 0.25) is 0 Å². The van der Waals surface area contributed by atoms with Crippen LogP contribution in [0.3, 0.4) is 0 Å². The molecule has 1 unspecified atom stereocenters. The van der Waals surface area contributed by atoms with E-state index in [9.17, 15) is 4.79 Å². The molecule has 0 fully saturated rings. The van der Waals surface area contributed by atoms with Gasteiger partial charge in [-0.05, 0) is 12.3 Å². The number of thioether (sulfide) groups is 1. The van der Waals surface area contributed by atoms with E-state index < -0.39 is 0 Å². The summed E-state index contributed by atoms with van der Waals surface area (Å²) in [5.41, 5.74) is 0. The zero-order valence-electron chi connectivity index (χ0n) is 5.66. The second-order valence-electron chi connectivity index (χ2n) is 1.74. The van der Waals surface area contributed by atoms with E-state index in [1.54, 1.807) is 13.1 Å². The molecule has 0 aromatic heterocycles. The van der Waals surface area contributed by atoms with E-state index in [1.165, 1.54) is 11.8 Å². The molecular weight excluding hydrogens is 150 g/mol. The summed E-state index contributed by atoms with van der Waals surface area (Å²) >= 11 is 1.42. The van der Waals surface area contributed by atoms with Gasteiger partial charge in [-0.2, -0.15) is 0 Å². The van der Waals surface area contributed by atoms with Gasteiger partial charge in [-0.25, -0.2) is 4.79 Å². The van der Waals surface area contributed by atoms with Crippen molar-refractivity contribution in [3.05, 3.63) is 11.6 Å². The maximum atomic E-state index is 10.9. The molecule has 1 rings (SSSR count). The first kappa shape index (κ1) is 7.47. The summed E-state index contributed by atoms with van der Waals surface area (Å²) in [6.07, 6.45) is 1.74. The SMILES string of the molecule is CCOC(=O)C1NC=CS1. The number of nitrogens with one attached hydrogen (secondary N) is 1. The lowest BCUT2D eigenvalue weighted by molar-refractivity contribution is -0.142. The van der Waals surface area contributed by atoms with Crippen LogP contribution in [0.25, 0.3) is 0 Å². The Bertz CT molecular complexity index is 150. The zero-order valence-corrected chi connectivity index (χ0v) is 6.48. The van der Waals surface area contributed by atoms with E-state index in [0.717, 1.165) is 0 Å². The molecule has 1 N–H and O–H groups in total. The molecule has 0 saturated carbocycles. The predicted octanol–water partition coefficient (Wildman–Crippen LogP) is 0.683. The van der Waals surface area contributed by atoms with Crippen LogP contribution >= 0.6 is 11.8 Å². The third kappa shape index (κ3) is 1.67. The van der Waals surface area contributed by atoms with Gasteiger partial charge >= 0.3 is 5.97 Å². The Morgan fingerprint density at radius 1 is 1.90 bits per heavy atom. The average Bonchev–Trinajstić information content (AvgIpc) is 2.38. The van der Waals surface area contributed by atoms with E-state index in [-0.39, 0.29) is 11.3 Å². The number of carbonyl (C=O) groups is 1. The summed E-state index contributed by atoms with van der Waals surface area (Å²) in [7, 11) is 0. The highest BCUT2D eigenvalue weighted by Crippen LogP contribution is 2.15. The molecule has 1 aliphatic rings. The highest BCUT2D eigenvalue weighted by molar-refractivity contribution is 8.03. The lowest BCUT2D eigenvalue weighted by Crippen LogP contribution is -2.28. The number of ether oxygens (including phenoxy) is 1. The van der Waals surface area contributed by atoms with Crippen molar-refractivity contribution >= 4 is 17.7 Å². The highest BCUT2D eigenvalue weighted by Gasteiger charge is 2.19. The van der Waals surface area contributed by atoms with E-state index in [1.807, 2.05) is 5.41 Å². The molecule has 56 valence electrons. The first-order valence-corrected chi connectivity index (χ1v) is 4.02. The lowest BCUT2D eigenvalue weighted by Gasteiger charge is -2.07. The number of hydrogen-bond acceptors (Lipinski definition) is 4. The molecule has 1 aliphatic heterocycles. The van der Waals surface area contributed by atoms with Crippen molar-refractivity contribution < 1.29 is 9.53 Å². The maximum absolute atomic E-state index is 10.9. The van der Waals surface area contributed by atoms with Crippen LogP contribution in [0.1, 0.15) is 6.92 Å². The molecule has 3 nitrogen and oxygen atoms in total. The van der Waals surface area contributed by atoms with Crippen LogP contribution in [0.2, 0.25) is 0 Å². The van der Waals surface area contributed by atoms with Gasteiger partial charge in [0, 0.05) is 6.20 Å². The molecule has 0 saturated heterocycles. The Morgan fingerprint density at radius 2 is 2.70 bits per heavy atom. The van der Waals surface area contributed by atoms with Crippen molar-refractivity contribution in [2.75, 3.05) is 6.61 Å². The van der Waals surface area contributed by atoms with Crippen LogP contribution in [0.15, 0.2) is 11.6 Å². The molecule has 0 bridgehead atoms. The van der Waals surface area contributed by atoms with Crippen LogP contribution in [0.5, 0.6) is 0 Å². The molecule has 4 heteroatoms. The second kappa shape index (κ2) is 3.51. The predicted molar refractivity (Wildman–Crippen MR) is 40.3 cm³/mol. The van der Waals surface area contributed by atoms with Gasteiger partial charge in [0.1, 0.15) is 0 Å². The Balaban J connectivity index is 2.28. The van der Waals surface area contributed by atoms with Gasteiger partial charge in [-0.3, -0.25) is 0 Å². The van der Waals surface area contributed by atoms with Crippen LogP contribution in [-0.2, 0) is 9.53 Å². The van der Waals surface area contributed by atoms with Crippen LogP contribution in [0, 0.1) is 0 Å². The highest BCUT2D eigenvalue weighted by atomic mass is 32.2. The van der Waals surface area contributed by atoms with E-state index in [4.69, 9.17) is 4.74 Å². The third-order valence-electron chi connectivity index (χ3n) is 1.03. The normalized spacial score (nSPS) is 22.3. The van der Waals surface area contributed by atoms with Gasteiger partial charge in [0.05, 0.1) is 6.61 Å². The van der Waals surface area contributed by atoms with Crippen molar-refractivity contribution in [3.8, 4) is 0 Å². The number of esters is 1. The van der Waals surface area contributed by atoms with E-state index in [2.05, 4.69) is 5.32 Å². The molecule has 0 spiro atoms. The second-order valence-corrected chi connectivity index (χ2v) is 2.75. The fourth-order valence-corrected chi connectivity index (χ4v) is 1.28. The van der Waals surface area contributed by atoms with Crippen molar-refractivity contribution in [2.45, 2.75) is 12.3 Å². The van der Waals surface area contributed by atoms with Gasteiger partial charge in [0.25, 0.3) is 0 Å². The molecule has 0 amide bonds. The largest absolute Gasteiger partial charge is 0.464 e. The topological polar surface area (TPSA) is 38.3 Å². The fraction of sp³-hybridized carbons (Fsp3) is 0.500. The van der Waals surface area contributed by atoms with Crippen LogP contribution in [0.4, 0.5) is 0 Å². The first-order valence-electron chi connectivity index (χ1n) is 3.07. The van der Waals surface area contributed by atoms with E-state index in [0.29, 0.717) is 6.61 Å². The van der Waals surface area contributed by atoms with E-state index >= 15 is 0 Å².